The minimum Gasteiger partial charge on any atom is -0.308 e. The van der Waals surface area contributed by atoms with Crippen LogP contribution in [0.25, 0.3) is 0 Å². The Morgan fingerprint density at radius 2 is 1.92 bits per heavy atom. The van der Waals surface area contributed by atoms with Crippen molar-refractivity contribution in [3.8, 4) is 0 Å². The first-order valence-corrected chi connectivity index (χ1v) is 4.12. The Bertz CT molecular complexity index is 239. The van der Waals surface area contributed by atoms with E-state index in [1.54, 1.807) is 0 Å². The number of hydrazone groups is 1. The molecule has 1 aromatic rings. The van der Waals surface area contributed by atoms with Crippen molar-refractivity contribution in [1.29, 1.82) is 0 Å². The van der Waals surface area contributed by atoms with Crippen molar-refractivity contribution < 1.29 is 0 Å². The van der Waals surface area contributed by atoms with E-state index in [0.29, 0.717) is 6.04 Å². The zero-order valence-electron chi connectivity index (χ0n) is 7.49. The van der Waals surface area contributed by atoms with Crippen LogP contribution in [0.5, 0.6) is 0 Å². The van der Waals surface area contributed by atoms with Crippen LogP contribution in [-0.2, 0) is 0 Å². The van der Waals surface area contributed by atoms with E-state index in [0.717, 1.165) is 5.56 Å². The SMILES string of the molecule is CC(C)N/N=C\c1ccccc1. The third-order valence-corrected chi connectivity index (χ3v) is 1.35. The quantitative estimate of drug-likeness (QED) is 0.533. The largest absolute Gasteiger partial charge is 0.308 e. The van der Waals surface area contributed by atoms with Gasteiger partial charge < -0.3 is 5.43 Å². The molecule has 0 bridgehead atoms. The van der Waals surface area contributed by atoms with E-state index in [-0.39, 0.29) is 0 Å². The second kappa shape index (κ2) is 4.54. The lowest BCUT2D eigenvalue weighted by molar-refractivity contribution is 0.623. The van der Waals surface area contributed by atoms with Crippen molar-refractivity contribution in [1.82, 2.24) is 5.43 Å². The molecule has 64 valence electrons. The van der Waals surface area contributed by atoms with Gasteiger partial charge in [0.1, 0.15) is 0 Å². The molecular formula is C10H14N2. The predicted molar refractivity (Wildman–Crippen MR) is 52.3 cm³/mol. The number of rotatable bonds is 3. The second-order valence-electron chi connectivity index (χ2n) is 2.95. The average Bonchev–Trinajstić information content (AvgIpc) is 2.05. The van der Waals surface area contributed by atoms with Gasteiger partial charge in [0.15, 0.2) is 0 Å². The Kier molecular flexibility index (Phi) is 3.33. The first-order valence-electron chi connectivity index (χ1n) is 4.12. The standard InChI is InChI=1S/C10H14N2/c1-9(2)12-11-8-10-6-4-3-5-7-10/h3-9,12H,1-2H3/b11-8-. The van der Waals surface area contributed by atoms with Gasteiger partial charge in [-0.25, -0.2) is 0 Å². The molecular weight excluding hydrogens is 148 g/mol. The van der Waals surface area contributed by atoms with Crippen molar-refractivity contribution in [3.05, 3.63) is 35.9 Å². The summed E-state index contributed by atoms with van der Waals surface area (Å²) in [7, 11) is 0. The zero-order chi connectivity index (χ0) is 8.81. The van der Waals surface area contributed by atoms with Gasteiger partial charge in [-0.3, -0.25) is 0 Å². The fraction of sp³-hybridized carbons (Fsp3) is 0.300. The molecule has 0 aliphatic rings. The maximum atomic E-state index is 4.07. The van der Waals surface area contributed by atoms with Crippen LogP contribution >= 0.6 is 0 Å². The molecule has 1 N–H and O–H groups in total. The van der Waals surface area contributed by atoms with Gasteiger partial charge in [-0.1, -0.05) is 30.3 Å². The van der Waals surface area contributed by atoms with Crippen LogP contribution < -0.4 is 5.43 Å². The van der Waals surface area contributed by atoms with Crippen LogP contribution in [-0.4, -0.2) is 12.3 Å². The fourth-order valence-corrected chi connectivity index (χ4v) is 0.800. The van der Waals surface area contributed by atoms with Crippen LogP contribution in [0.1, 0.15) is 19.4 Å². The van der Waals surface area contributed by atoms with E-state index >= 15 is 0 Å². The van der Waals surface area contributed by atoms with Crippen molar-refractivity contribution in [2.45, 2.75) is 19.9 Å². The average molecular weight is 162 g/mol. The van der Waals surface area contributed by atoms with Gasteiger partial charge in [0.2, 0.25) is 0 Å². The van der Waals surface area contributed by atoms with Gasteiger partial charge in [0, 0.05) is 6.04 Å². The maximum absolute atomic E-state index is 4.07. The van der Waals surface area contributed by atoms with Crippen LogP contribution in [0.4, 0.5) is 0 Å². The molecule has 0 aromatic heterocycles. The molecule has 0 atom stereocenters. The van der Waals surface area contributed by atoms with Gasteiger partial charge in [-0.15, -0.1) is 0 Å². The van der Waals surface area contributed by atoms with E-state index in [9.17, 15) is 0 Å². The Hall–Kier alpha value is -1.31. The van der Waals surface area contributed by atoms with Crippen molar-refractivity contribution >= 4 is 6.21 Å². The predicted octanol–water partition coefficient (Wildman–Crippen LogP) is 2.02. The van der Waals surface area contributed by atoms with E-state index in [2.05, 4.69) is 24.4 Å². The van der Waals surface area contributed by atoms with Gasteiger partial charge in [0.05, 0.1) is 6.21 Å². The summed E-state index contributed by atoms with van der Waals surface area (Å²) in [5.41, 5.74) is 4.08. The maximum Gasteiger partial charge on any atom is 0.0540 e. The van der Waals surface area contributed by atoms with E-state index < -0.39 is 0 Å². The Balaban J connectivity index is 2.47. The monoisotopic (exact) mass is 162 g/mol. The lowest BCUT2D eigenvalue weighted by Crippen LogP contribution is -2.15. The summed E-state index contributed by atoms with van der Waals surface area (Å²) >= 11 is 0. The summed E-state index contributed by atoms with van der Waals surface area (Å²) in [6.45, 7) is 4.12. The number of benzene rings is 1. The van der Waals surface area contributed by atoms with Gasteiger partial charge in [-0.2, -0.15) is 5.10 Å². The first kappa shape index (κ1) is 8.78. The van der Waals surface area contributed by atoms with Crippen molar-refractivity contribution in [2.75, 3.05) is 0 Å². The smallest absolute Gasteiger partial charge is 0.0540 e. The molecule has 0 aliphatic carbocycles. The second-order valence-corrected chi connectivity index (χ2v) is 2.95. The highest BCUT2D eigenvalue weighted by atomic mass is 15.3. The van der Waals surface area contributed by atoms with Gasteiger partial charge in [0.25, 0.3) is 0 Å². The summed E-state index contributed by atoms with van der Waals surface area (Å²) in [6.07, 6.45) is 1.82. The Labute approximate surface area is 73.3 Å². The molecule has 0 amide bonds. The summed E-state index contributed by atoms with van der Waals surface area (Å²) in [5.74, 6) is 0. The number of hydrogen-bond acceptors (Lipinski definition) is 2. The van der Waals surface area contributed by atoms with Gasteiger partial charge in [-0.05, 0) is 19.4 Å². The molecule has 12 heavy (non-hydrogen) atoms. The van der Waals surface area contributed by atoms with E-state index in [4.69, 9.17) is 0 Å². The lowest BCUT2D eigenvalue weighted by Gasteiger charge is -2.01. The summed E-state index contributed by atoms with van der Waals surface area (Å²) in [4.78, 5) is 0. The molecule has 0 saturated carbocycles. The number of nitrogens with one attached hydrogen (secondary N) is 1. The van der Waals surface area contributed by atoms with Crippen LogP contribution in [0, 0.1) is 0 Å². The molecule has 0 unspecified atom stereocenters. The normalized spacial score (nSPS) is 10.9. The Morgan fingerprint density at radius 3 is 2.50 bits per heavy atom. The fourth-order valence-electron chi connectivity index (χ4n) is 0.800. The highest BCUT2D eigenvalue weighted by Gasteiger charge is 1.85. The molecule has 0 radical (unpaired) electrons. The number of nitrogens with zero attached hydrogens (tertiary/aromatic N) is 1. The molecule has 0 spiro atoms. The van der Waals surface area contributed by atoms with Crippen LogP contribution in [0.3, 0.4) is 0 Å². The topological polar surface area (TPSA) is 24.4 Å². The van der Waals surface area contributed by atoms with E-state index in [1.807, 2.05) is 36.5 Å². The van der Waals surface area contributed by atoms with Crippen molar-refractivity contribution in [2.24, 2.45) is 5.10 Å². The highest BCUT2D eigenvalue weighted by Crippen LogP contribution is 1.93. The summed E-state index contributed by atoms with van der Waals surface area (Å²) in [5, 5.41) is 4.07. The molecule has 0 saturated heterocycles. The third-order valence-electron chi connectivity index (χ3n) is 1.35. The first-order chi connectivity index (χ1) is 5.79. The molecule has 0 heterocycles. The summed E-state index contributed by atoms with van der Waals surface area (Å²) in [6, 6.07) is 10.4. The molecule has 2 heteroatoms. The minimum atomic E-state index is 0.393. The van der Waals surface area contributed by atoms with Crippen LogP contribution in [0.2, 0.25) is 0 Å². The molecule has 1 rings (SSSR count). The van der Waals surface area contributed by atoms with Gasteiger partial charge >= 0.3 is 0 Å². The number of hydrogen-bond donors (Lipinski definition) is 1. The minimum absolute atomic E-state index is 0.393. The Morgan fingerprint density at radius 1 is 1.25 bits per heavy atom. The third kappa shape index (κ3) is 3.19. The summed E-state index contributed by atoms with van der Waals surface area (Å²) < 4.78 is 0. The van der Waals surface area contributed by atoms with Crippen molar-refractivity contribution in [3.63, 3.8) is 0 Å². The lowest BCUT2D eigenvalue weighted by atomic mass is 10.2. The molecule has 0 aliphatic heterocycles. The van der Waals surface area contributed by atoms with Crippen LogP contribution in [0.15, 0.2) is 35.4 Å². The molecule has 1 aromatic carbocycles. The van der Waals surface area contributed by atoms with E-state index in [1.165, 1.54) is 0 Å². The molecule has 0 fully saturated rings. The zero-order valence-corrected chi connectivity index (χ0v) is 7.49. The highest BCUT2D eigenvalue weighted by molar-refractivity contribution is 5.79. The molecule has 2 nitrogen and oxygen atoms in total.